The first-order valence-corrected chi connectivity index (χ1v) is 8.36. The Balaban J connectivity index is 1.98. The summed E-state index contributed by atoms with van der Waals surface area (Å²) in [5.74, 6) is 0.714. The van der Waals surface area contributed by atoms with Crippen molar-refractivity contribution in [2.45, 2.75) is 58.0 Å². The second-order valence-corrected chi connectivity index (χ2v) is 6.65. The molecule has 0 unspecified atom stereocenters. The van der Waals surface area contributed by atoms with Crippen LogP contribution >= 0.6 is 0 Å². The molecular weight excluding hydrogens is 290 g/mol. The Hall–Kier alpha value is -2.04. The third-order valence-corrected chi connectivity index (χ3v) is 4.65. The molecule has 0 radical (unpaired) electrons. The lowest BCUT2D eigenvalue weighted by Crippen LogP contribution is -2.41. The number of carbonyl (C=O) groups excluding carboxylic acids is 2. The summed E-state index contributed by atoms with van der Waals surface area (Å²) in [5.41, 5.74) is 7.24. The van der Waals surface area contributed by atoms with Gasteiger partial charge in [-0.25, -0.2) is 4.79 Å². The first kappa shape index (κ1) is 17.3. The number of hydrogen-bond acceptors (Lipinski definition) is 2. The fourth-order valence-electron chi connectivity index (χ4n) is 3.26. The molecule has 0 heterocycles. The number of nitrogens with one attached hydrogen (secondary N) is 2. The largest absolute Gasteiger partial charge is 0.353 e. The van der Waals surface area contributed by atoms with E-state index in [1.807, 2.05) is 31.2 Å². The van der Waals surface area contributed by atoms with Crippen LogP contribution < -0.4 is 16.4 Å². The third kappa shape index (κ3) is 5.27. The molecule has 1 aromatic carbocycles. The summed E-state index contributed by atoms with van der Waals surface area (Å²) in [4.78, 5) is 23.6. The second kappa shape index (κ2) is 7.99. The minimum absolute atomic E-state index is 0.0356. The molecule has 2 rings (SSSR count). The topological polar surface area (TPSA) is 84.2 Å². The first-order chi connectivity index (χ1) is 11.0. The number of benzene rings is 1. The molecule has 5 heteroatoms. The van der Waals surface area contributed by atoms with Gasteiger partial charge in [-0.15, -0.1) is 0 Å². The van der Waals surface area contributed by atoms with Crippen LogP contribution in [0.25, 0.3) is 0 Å². The van der Waals surface area contributed by atoms with Gasteiger partial charge in [0.15, 0.2) is 0 Å². The summed E-state index contributed by atoms with van der Waals surface area (Å²) >= 11 is 0. The molecule has 3 amide bonds. The standard InChI is InChI=1S/C18H27N3O2/c1-12-7-9-14(10-8-12)20-17(22)11-16(21-18(19)23)15-6-4-3-5-13(15)2/h3-6,12,14,16H,7-11H2,1-2H3,(H,20,22)(H3,19,21,23)/t12?,14?,16-/m0/s1. The number of primary amides is 1. The minimum Gasteiger partial charge on any atom is -0.353 e. The van der Waals surface area contributed by atoms with Gasteiger partial charge in [-0.2, -0.15) is 0 Å². The summed E-state index contributed by atoms with van der Waals surface area (Å²) < 4.78 is 0. The first-order valence-electron chi connectivity index (χ1n) is 8.36. The van der Waals surface area contributed by atoms with Crippen molar-refractivity contribution in [2.75, 3.05) is 0 Å². The van der Waals surface area contributed by atoms with Crippen LogP contribution in [0, 0.1) is 12.8 Å². The van der Waals surface area contributed by atoms with E-state index < -0.39 is 12.1 Å². The SMILES string of the molecule is Cc1ccccc1[C@H](CC(=O)NC1CCC(C)CC1)NC(N)=O. The Kier molecular flexibility index (Phi) is 6.02. The van der Waals surface area contributed by atoms with Crippen molar-refractivity contribution in [3.8, 4) is 0 Å². The van der Waals surface area contributed by atoms with Gasteiger partial charge in [0.25, 0.3) is 0 Å². The monoisotopic (exact) mass is 317 g/mol. The molecule has 1 fully saturated rings. The number of hydrogen-bond donors (Lipinski definition) is 3. The lowest BCUT2D eigenvalue weighted by atomic mass is 9.87. The second-order valence-electron chi connectivity index (χ2n) is 6.65. The Morgan fingerprint density at radius 1 is 1.22 bits per heavy atom. The molecule has 23 heavy (non-hydrogen) atoms. The third-order valence-electron chi connectivity index (χ3n) is 4.65. The van der Waals surface area contributed by atoms with E-state index in [1.54, 1.807) is 0 Å². The average molecular weight is 317 g/mol. The Morgan fingerprint density at radius 3 is 2.48 bits per heavy atom. The Labute approximate surface area is 138 Å². The van der Waals surface area contributed by atoms with Crippen molar-refractivity contribution in [1.82, 2.24) is 10.6 Å². The van der Waals surface area contributed by atoms with E-state index in [2.05, 4.69) is 17.6 Å². The highest BCUT2D eigenvalue weighted by Gasteiger charge is 2.23. The number of nitrogens with two attached hydrogens (primary N) is 1. The van der Waals surface area contributed by atoms with E-state index >= 15 is 0 Å². The molecule has 0 saturated heterocycles. The molecule has 1 aliphatic carbocycles. The number of urea groups is 1. The van der Waals surface area contributed by atoms with Gasteiger partial charge in [0.2, 0.25) is 5.91 Å². The maximum absolute atomic E-state index is 12.4. The number of rotatable bonds is 5. The highest BCUT2D eigenvalue weighted by molar-refractivity contribution is 5.79. The normalized spacial score (nSPS) is 22.2. The zero-order chi connectivity index (χ0) is 16.8. The molecule has 0 aromatic heterocycles. The van der Waals surface area contributed by atoms with Crippen LogP contribution in [0.3, 0.4) is 0 Å². The fourth-order valence-corrected chi connectivity index (χ4v) is 3.26. The van der Waals surface area contributed by atoms with Crippen molar-refractivity contribution >= 4 is 11.9 Å². The van der Waals surface area contributed by atoms with Crippen LogP contribution in [-0.2, 0) is 4.79 Å². The minimum atomic E-state index is -0.613. The summed E-state index contributed by atoms with van der Waals surface area (Å²) in [6, 6.07) is 6.97. The molecule has 1 aromatic rings. The average Bonchev–Trinajstić information content (AvgIpc) is 2.49. The maximum Gasteiger partial charge on any atom is 0.312 e. The summed E-state index contributed by atoms with van der Waals surface area (Å²) in [6.07, 6.45) is 4.59. The van der Waals surface area contributed by atoms with E-state index in [0.717, 1.165) is 42.7 Å². The molecule has 5 nitrogen and oxygen atoms in total. The van der Waals surface area contributed by atoms with Gasteiger partial charge in [-0.05, 0) is 49.7 Å². The predicted molar refractivity (Wildman–Crippen MR) is 90.8 cm³/mol. The van der Waals surface area contributed by atoms with Crippen LogP contribution in [0.1, 0.15) is 56.2 Å². The number of amides is 3. The van der Waals surface area contributed by atoms with Crippen molar-refractivity contribution in [3.05, 3.63) is 35.4 Å². The van der Waals surface area contributed by atoms with Crippen LogP contribution in [0.2, 0.25) is 0 Å². The van der Waals surface area contributed by atoms with E-state index in [-0.39, 0.29) is 18.4 Å². The molecule has 1 aliphatic rings. The van der Waals surface area contributed by atoms with Gasteiger partial charge < -0.3 is 16.4 Å². The highest BCUT2D eigenvalue weighted by Crippen LogP contribution is 2.24. The van der Waals surface area contributed by atoms with Crippen molar-refractivity contribution in [1.29, 1.82) is 0 Å². The van der Waals surface area contributed by atoms with Gasteiger partial charge in [-0.1, -0.05) is 31.2 Å². The molecule has 0 spiro atoms. The quantitative estimate of drug-likeness (QED) is 0.780. The van der Waals surface area contributed by atoms with Gasteiger partial charge in [0.05, 0.1) is 12.5 Å². The van der Waals surface area contributed by atoms with Crippen molar-refractivity contribution in [3.63, 3.8) is 0 Å². The van der Waals surface area contributed by atoms with Crippen molar-refractivity contribution < 1.29 is 9.59 Å². The van der Waals surface area contributed by atoms with E-state index in [0.29, 0.717) is 0 Å². The molecule has 0 bridgehead atoms. The zero-order valence-electron chi connectivity index (χ0n) is 14.0. The molecule has 126 valence electrons. The lowest BCUT2D eigenvalue weighted by molar-refractivity contribution is -0.122. The molecule has 0 aliphatic heterocycles. The van der Waals surface area contributed by atoms with E-state index in [9.17, 15) is 9.59 Å². The van der Waals surface area contributed by atoms with Gasteiger partial charge in [0.1, 0.15) is 0 Å². The smallest absolute Gasteiger partial charge is 0.312 e. The van der Waals surface area contributed by atoms with Gasteiger partial charge in [0, 0.05) is 6.04 Å². The maximum atomic E-state index is 12.4. The summed E-state index contributed by atoms with van der Waals surface area (Å²) in [5, 5.41) is 5.79. The molecule has 4 N–H and O–H groups in total. The lowest BCUT2D eigenvalue weighted by Gasteiger charge is -2.28. The van der Waals surface area contributed by atoms with Gasteiger partial charge in [-0.3, -0.25) is 4.79 Å². The van der Waals surface area contributed by atoms with Crippen LogP contribution in [0.15, 0.2) is 24.3 Å². The number of aryl methyl sites for hydroxylation is 1. The van der Waals surface area contributed by atoms with Crippen LogP contribution in [0.5, 0.6) is 0 Å². The summed E-state index contributed by atoms with van der Waals surface area (Å²) in [6.45, 7) is 4.22. The zero-order valence-corrected chi connectivity index (χ0v) is 14.0. The highest BCUT2D eigenvalue weighted by atomic mass is 16.2. The summed E-state index contributed by atoms with van der Waals surface area (Å²) in [7, 11) is 0. The molecule has 1 saturated carbocycles. The molecule has 1 atom stereocenters. The van der Waals surface area contributed by atoms with E-state index in [4.69, 9.17) is 5.73 Å². The number of carbonyl (C=O) groups is 2. The molecular formula is C18H27N3O2. The van der Waals surface area contributed by atoms with Crippen LogP contribution in [-0.4, -0.2) is 18.0 Å². The van der Waals surface area contributed by atoms with Crippen molar-refractivity contribution in [2.24, 2.45) is 11.7 Å². The van der Waals surface area contributed by atoms with E-state index in [1.165, 1.54) is 0 Å². The Bertz CT molecular complexity index is 551. The Morgan fingerprint density at radius 2 is 1.87 bits per heavy atom. The fraction of sp³-hybridized carbons (Fsp3) is 0.556. The van der Waals surface area contributed by atoms with Gasteiger partial charge >= 0.3 is 6.03 Å². The van der Waals surface area contributed by atoms with Crippen LogP contribution in [0.4, 0.5) is 4.79 Å². The predicted octanol–water partition coefficient (Wildman–Crippen LogP) is 2.79.